The zero-order valence-electron chi connectivity index (χ0n) is 13.4. The molecule has 0 spiro atoms. The summed E-state index contributed by atoms with van der Waals surface area (Å²) in [5, 5.41) is 2.61. The van der Waals surface area contributed by atoms with Crippen molar-refractivity contribution in [1.82, 2.24) is 10.2 Å². The van der Waals surface area contributed by atoms with Gasteiger partial charge in [0.1, 0.15) is 5.75 Å². The zero-order valence-corrected chi connectivity index (χ0v) is 13.4. The lowest BCUT2D eigenvalue weighted by Crippen LogP contribution is -2.42. The van der Waals surface area contributed by atoms with Crippen LogP contribution in [0.3, 0.4) is 0 Å². The monoisotopic (exact) mass is 322 g/mol. The van der Waals surface area contributed by atoms with Crippen LogP contribution in [0.25, 0.3) is 0 Å². The molecule has 0 fully saturated rings. The van der Waals surface area contributed by atoms with E-state index in [0.717, 1.165) is 0 Å². The second-order valence-corrected chi connectivity index (χ2v) is 4.62. The predicted octanol–water partition coefficient (Wildman–Crippen LogP) is 0.593. The zero-order chi connectivity index (χ0) is 17.1. The summed E-state index contributed by atoms with van der Waals surface area (Å²) < 4.78 is 10.1. The molecule has 0 atom stereocenters. The molecule has 126 valence electrons. The van der Waals surface area contributed by atoms with Crippen LogP contribution in [0.5, 0.6) is 5.75 Å². The molecule has 0 radical (unpaired) electrons. The number of ether oxygens (including phenoxy) is 2. The van der Waals surface area contributed by atoms with E-state index in [2.05, 4.69) is 5.32 Å². The molecule has 1 aromatic carbocycles. The van der Waals surface area contributed by atoms with Crippen LogP contribution >= 0.6 is 0 Å². The quantitative estimate of drug-likeness (QED) is 0.673. The van der Waals surface area contributed by atoms with E-state index >= 15 is 0 Å². The Balaban J connectivity index is 2.32. The minimum atomic E-state index is -0.642. The Kier molecular flexibility index (Phi) is 8.20. The molecule has 23 heavy (non-hydrogen) atoms. The van der Waals surface area contributed by atoms with Gasteiger partial charge in [-0.25, -0.2) is 4.79 Å². The molecule has 0 saturated heterocycles. The number of para-hydroxylation sites is 1. The lowest BCUT2D eigenvalue weighted by Gasteiger charge is -2.20. The van der Waals surface area contributed by atoms with Crippen LogP contribution in [0.2, 0.25) is 0 Å². The van der Waals surface area contributed by atoms with Gasteiger partial charge >= 0.3 is 5.97 Å². The Morgan fingerprint density at radius 1 is 1.09 bits per heavy atom. The molecule has 2 amide bonds. The number of hydrogen-bond donors (Lipinski definition) is 1. The average molecular weight is 322 g/mol. The normalized spacial score (nSPS) is 9.83. The standard InChI is InChI=1S/C16H22N2O5/c1-3-17-14(19)10-18(4-2)15(20)11-23-16(21)12-22-13-8-6-5-7-9-13/h5-9H,3-4,10-12H2,1-2H3,(H,17,19). The van der Waals surface area contributed by atoms with E-state index in [0.29, 0.717) is 18.8 Å². The van der Waals surface area contributed by atoms with Gasteiger partial charge in [0, 0.05) is 13.1 Å². The van der Waals surface area contributed by atoms with Crippen molar-refractivity contribution < 1.29 is 23.9 Å². The smallest absolute Gasteiger partial charge is 0.344 e. The maximum atomic E-state index is 11.9. The Labute approximate surface area is 135 Å². The molecule has 1 N–H and O–H groups in total. The molecule has 0 aliphatic heterocycles. The van der Waals surface area contributed by atoms with Crippen molar-refractivity contribution in [2.45, 2.75) is 13.8 Å². The minimum absolute atomic E-state index is 0.0543. The fraction of sp³-hybridized carbons (Fsp3) is 0.438. The summed E-state index contributed by atoms with van der Waals surface area (Å²) in [6.45, 7) is 3.65. The lowest BCUT2D eigenvalue weighted by atomic mass is 10.3. The summed E-state index contributed by atoms with van der Waals surface area (Å²) >= 11 is 0. The van der Waals surface area contributed by atoms with Crippen molar-refractivity contribution in [2.75, 3.05) is 32.8 Å². The van der Waals surface area contributed by atoms with Crippen LogP contribution in [0.1, 0.15) is 13.8 Å². The van der Waals surface area contributed by atoms with Gasteiger partial charge in [0.15, 0.2) is 13.2 Å². The van der Waals surface area contributed by atoms with Crippen LogP contribution < -0.4 is 10.1 Å². The van der Waals surface area contributed by atoms with Gasteiger partial charge in [0.2, 0.25) is 5.91 Å². The molecule has 0 bridgehead atoms. The van der Waals surface area contributed by atoms with Crippen LogP contribution in [-0.2, 0) is 19.1 Å². The number of likely N-dealkylation sites (N-methyl/N-ethyl adjacent to an activating group) is 2. The van der Waals surface area contributed by atoms with Gasteiger partial charge in [-0.2, -0.15) is 0 Å². The Bertz CT molecular complexity index is 518. The maximum Gasteiger partial charge on any atom is 0.344 e. The number of carbonyl (C=O) groups excluding carboxylic acids is 3. The summed E-state index contributed by atoms with van der Waals surface area (Å²) in [7, 11) is 0. The van der Waals surface area contributed by atoms with Gasteiger partial charge in [-0.3, -0.25) is 9.59 Å². The van der Waals surface area contributed by atoms with Crippen LogP contribution in [-0.4, -0.2) is 55.5 Å². The topological polar surface area (TPSA) is 84.9 Å². The number of nitrogens with zero attached hydrogens (tertiary/aromatic N) is 1. The number of amides is 2. The number of esters is 1. The molecule has 0 heterocycles. The Hall–Kier alpha value is -2.57. The second-order valence-electron chi connectivity index (χ2n) is 4.62. The fourth-order valence-electron chi connectivity index (χ4n) is 1.74. The number of benzene rings is 1. The van der Waals surface area contributed by atoms with Gasteiger partial charge in [-0.15, -0.1) is 0 Å². The number of nitrogens with one attached hydrogen (secondary N) is 1. The van der Waals surface area contributed by atoms with E-state index in [1.165, 1.54) is 4.90 Å². The van der Waals surface area contributed by atoms with Crippen LogP contribution in [0, 0.1) is 0 Å². The van der Waals surface area contributed by atoms with E-state index < -0.39 is 18.5 Å². The highest BCUT2D eigenvalue weighted by atomic mass is 16.6. The first kappa shape index (κ1) is 18.5. The average Bonchev–Trinajstić information content (AvgIpc) is 2.56. The van der Waals surface area contributed by atoms with E-state index in [-0.39, 0.29) is 19.1 Å². The third-order valence-corrected chi connectivity index (χ3v) is 2.90. The molecule has 0 aliphatic carbocycles. The maximum absolute atomic E-state index is 11.9. The Morgan fingerprint density at radius 3 is 2.39 bits per heavy atom. The van der Waals surface area contributed by atoms with Crippen LogP contribution in [0.15, 0.2) is 30.3 Å². The summed E-state index contributed by atoms with van der Waals surface area (Å²) in [6.07, 6.45) is 0. The van der Waals surface area contributed by atoms with Gasteiger partial charge in [0.05, 0.1) is 6.54 Å². The summed E-state index contributed by atoms with van der Waals surface area (Å²) in [6, 6.07) is 8.82. The summed E-state index contributed by atoms with van der Waals surface area (Å²) in [5.74, 6) is -0.772. The first-order valence-corrected chi connectivity index (χ1v) is 7.44. The van der Waals surface area contributed by atoms with Gasteiger partial charge in [-0.1, -0.05) is 18.2 Å². The Morgan fingerprint density at radius 2 is 1.78 bits per heavy atom. The summed E-state index contributed by atoms with van der Waals surface area (Å²) in [5.41, 5.74) is 0. The minimum Gasteiger partial charge on any atom is -0.482 e. The van der Waals surface area contributed by atoms with Gasteiger partial charge in [0.25, 0.3) is 5.91 Å². The molecule has 0 unspecified atom stereocenters. The highest BCUT2D eigenvalue weighted by Gasteiger charge is 2.17. The van der Waals surface area contributed by atoms with Crippen LogP contribution in [0.4, 0.5) is 0 Å². The van der Waals surface area contributed by atoms with E-state index in [9.17, 15) is 14.4 Å². The van der Waals surface area contributed by atoms with Crippen molar-refractivity contribution in [3.8, 4) is 5.75 Å². The van der Waals surface area contributed by atoms with Crippen molar-refractivity contribution in [3.05, 3.63) is 30.3 Å². The molecule has 1 rings (SSSR count). The van der Waals surface area contributed by atoms with Gasteiger partial charge in [-0.05, 0) is 26.0 Å². The molecular weight excluding hydrogens is 300 g/mol. The van der Waals surface area contributed by atoms with Crippen molar-refractivity contribution in [1.29, 1.82) is 0 Å². The molecule has 0 aromatic heterocycles. The molecule has 0 saturated carbocycles. The molecule has 0 aliphatic rings. The number of hydrogen-bond acceptors (Lipinski definition) is 5. The highest BCUT2D eigenvalue weighted by Crippen LogP contribution is 2.07. The van der Waals surface area contributed by atoms with Crippen molar-refractivity contribution in [2.24, 2.45) is 0 Å². The lowest BCUT2D eigenvalue weighted by molar-refractivity contribution is -0.154. The third kappa shape index (κ3) is 7.30. The first-order chi connectivity index (χ1) is 11.1. The fourth-order valence-corrected chi connectivity index (χ4v) is 1.74. The van der Waals surface area contributed by atoms with E-state index in [1.54, 1.807) is 38.1 Å². The van der Waals surface area contributed by atoms with E-state index in [4.69, 9.17) is 9.47 Å². The largest absolute Gasteiger partial charge is 0.482 e. The molecule has 1 aromatic rings. The van der Waals surface area contributed by atoms with Crippen molar-refractivity contribution in [3.63, 3.8) is 0 Å². The van der Waals surface area contributed by atoms with Crippen molar-refractivity contribution >= 4 is 17.8 Å². The van der Waals surface area contributed by atoms with E-state index in [1.807, 2.05) is 6.07 Å². The second kappa shape index (κ2) is 10.2. The molecule has 7 heteroatoms. The number of rotatable bonds is 9. The first-order valence-electron chi connectivity index (χ1n) is 7.44. The predicted molar refractivity (Wildman–Crippen MR) is 83.8 cm³/mol. The SMILES string of the molecule is CCNC(=O)CN(CC)C(=O)COC(=O)COc1ccccc1. The van der Waals surface area contributed by atoms with Gasteiger partial charge < -0.3 is 19.7 Å². The summed E-state index contributed by atoms with van der Waals surface area (Å²) in [4.78, 5) is 36.3. The number of carbonyl (C=O) groups is 3. The molecular formula is C16H22N2O5. The highest BCUT2D eigenvalue weighted by molar-refractivity contribution is 5.86. The third-order valence-electron chi connectivity index (χ3n) is 2.90. The molecule has 7 nitrogen and oxygen atoms in total.